The minimum absolute atomic E-state index is 0.0807. The maximum Gasteiger partial charge on any atom is 0.319 e. The number of nitrogens with zero attached hydrogens (tertiary/aromatic N) is 3. The topological polar surface area (TPSA) is 113 Å². The summed E-state index contributed by atoms with van der Waals surface area (Å²) in [4.78, 5) is 28.9. The molecule has 1 aromatic heterocycles. The normalized spacial score (nSPS) is 14.6. The maximum absolute atomic E-state index is 14.0. The van der Waals surface area contributed by atoms with Crippen LogP contribution in [-0.4, -0.2) is 72.4 Å². The average Bonchev–Trinajstić information content (AvgIpc) is 3.19. The van der Waals surface area contributed by atoms with Crippen LogP contribution in [0.4, 0.5) is 18.6 Å². The van der Waals surface area contributed by atoms with Gasteiger partial charge in [0.25, 0.3) is 5.91 Å². The number of hydrogen-bond acceptors (Lipinski definition) is 7. The van der Waals surface area contributed by atoms with Crippen molar-refractivity contribution in [1.29, 1.82) is 0 Å². The number of amides is 3. The second kappa shape index (κ2) is 13.0. The van der Waals surface area contributed by atoms with E-state index in [9.17, 15) is 18.4 Å². The minimum atomic E-state index is -0.898. The average molecular weight is 531 g/mol. The van der Waals surface area contributed by atoms with E-state index in [0.29, 0.717) is 6.54 Å². The number of likely N-dealkylation sites (N-methyl/N-ethyl adjacent to an activating group) is 1. The Hall–Kier alpha value is -2.54. The SMILES string of the molecule is CN1CCN(CCCCCNC(=O)Nc2snc(OCc3c(F)cc(Cl)cc3F)c2C(N)=O)CC1. The number of ether oxygens (including phenoxy) is 1. The van der Waals surface area contributed by atoms with Crippen LogP contribution in [0.3, 0.4) is 0 Å². The van der Waals surface area contributed by atoms with Crippen LogP contribution in [-0.2, 0) is 6.61 Å². The van der Waals surface area contributed by atoms with Crippen molar-refractivity contribution in [2.45, 2.75) is 25.9 Å². The Bertz CT molecular complexity index is 1010. The van der Waals surface area contributed by atoms with E-state index >= 15 is 0 Å². The van der Waals surface area contributed by atoms with Crippen molar-refractivity contribution < 1.29 is 23.1 Å². The number of hydrogen-bond donors (Lipinski definition) is 3. The summed E-state index contributed by atoms with van der Waals surface area (Å²) in [5.74, 6) is -2.92. The molecule has 0 saturated carbocycles. The molecular formula is C22H29ClF2N6O3S. The molecule has 0 unspecified atom stereocenters. The highest BCUT2D eigenvalue weighted by atomic mass is 35.5. The van der Waals surface area contributed by atoms with Crippen molar-refractivity contribution in [1.82, 2.24) is 19.5 Å². The molecule has 0 atom stereocenters. The van der Waals surface area contributed by atoms with Crippen molar-refractivity contribution >= 4 is 40.1 Å². The number of carbonyl (C=O) groups is 2. The van der Waals surface area contributed by atoms with E-state index in [1.165, 1.54) is 0 Å². The fourth-order valence-electron chi connectivity index (χ4n) is 3.59. The number of rotatable bonds is 11. The van der Waals surface area contributed by atoms with Gasteiger partial charge in [0, 0.05) is 37.7 Å². The Kier molecular flexibility index (Phi) is 10.0. The van der Waals surface area contributed by atoms with Crippen LogP contribution >= 0.6 is 23.1 Å². The summed E-state index contributed by atoms with van der Waals surface area (Å²) in [5, 5.41) is 5.25. The predicted octanol–water partition coefficient (Wildman–Crippen LogP) is 3.29. The van der Waals surface area contributed by atoms with Gasteiger partial charge in [-0.05, 0) is 50.1 Å². The molecule has 13 heteroatoms. The summed E-state index contributed by atoms with van der Waals surface area (Å²) in [5.41, 5.74) is 4.86. The number of halogens is 3. The molecule has 1 aliphatic rings. The highest BCUT2D eigenvalue weighted by Crippen LogP contribution is 2.31. The molecule has 35 heavy (non-hydrogen) atoms. The van der Waals surface area contributed by atoms with Gasteiger partial charge in [0.15, 0.2) is 0 Å². The number of nitrogens with two attached hydrogens (primary N) is 1. The lowest BCUT2D eigenvalue weighted by Gasteiger charge is -2.32. The monoisotopic (exact) mass is 530 g/mol. The molecule has 192 valence electrons. The van der Waals surface area contributed by atoms with E-state index in [1.54, 1.807) is 0 Å². The fourth-order valence-corrected chi connectivity index (χ4v) is 4.51. The molecule has 1 aliphatic heterocycles. The first-order valence-electron chi connectivity index (χ1n) is 11.3. The largest absolute Gasteiger partial charge is 0.471 e. The van der Waals surface area contributed by atoms with Gasteiger partial charge in [0.1, 0.15) is 28.8 Å². The highest BCUT2D eigenvalue weighted by molar-refractivity contribution is 7.11. The Morgan fingerprint density at radius 1 is 1.17 bits per heavy atom. The zero-order valence-electron chi connectivity index (χ0n) is 19.4. The van der Waals surface area contributed by atoms with E-state index < -0.39 is 30.2 Å². The van der Waals surface area contributed by atoms with E-state index in [2.05, 4.69) is 31.9 Å². The lowest BCUT2D eigenvalue weighted by molar-refractivity contribution is 0.0996. The Morgan fingerprint density at radius 3 is 2.51 bits per heavy atom. The zero-order chi connectivity index (χ0) is 25.4. The standard InChI is InChI=1S/C22H29ClF2N6O3S/c1-30-7-9-31(10-8-30)6-4-2-3-5-27-22(33)28-21-18(19(26)32)20(29-35-21)34-13-15-16(24)11-14(23)12-17(15)25/h11-12H,2-10,13H2,1H3,(H2,26,32)(H2,27,28,33). The van der Waals surface area contributed by atoms with Crippen molar-refractivity contribution in [2.75, 3.05) is 51.6 Å². The molecule has 9 nitrogen and oxygen atoms in total. The van der Waals surface area contributed by atoms with Crippen LogP contribution < -0.4 is 21.1 Å². The molecule has 0 aliphatic carbocycles. The molecule has 1 saturated heterocycles. The molecule has 2 aromatic rings. The van der Waals surface area contributed by atoms with Gasteiger partial charge in [0.2, 0.25) is 5.88 Å². The van der Waals surface area contributed by atoms with Gasteiger partial charge in [-0.1, -0.05) is 18.0 Å². The number of primary amides is 1. The van der Waals surface area contributed by atoms with E-state index in [0.717, 1.165) is 75.7 Å². The molecule has 1 fully saturated rings. The van der Waals surface area contributed by atoms with E-state index in [-0.39, 0.29) is 27.0 Å². The Balaban J connectivity index is 1.44. The van der Waals surface area contributed by atoms with Crippen LogP contribution in [0, 0.1) is 11.6 Å². The molecule has 1 aromatic carbocycles. The van der Waals surface area contributed by atoms with E-state index in [1.807, 2.05) is 0 Å². The molecule has 0 bridgehead atoms. The molecule has 4 N–H and O–H groups in total. The molecular weight excluding hydrogens is 502 g/mol. The lowest BCUT2D eigenvalue weighted by Crippen LogP contribution is -2.44. The van der Waals surface area contributed by atoms with Gasteiger partial charge in [-0.2, -0.15) is 4.37 Å². The Morgan fingerprint density at radius 2 is 1.86 bits per heavy atom. The summed E-state index contributed by atoms with van der Waals surface area (Å²) in [6.07, 6.45) is 2.86. The van der Waals surface area contributed by atoms with Crippen LogP contribution in [0.5, 0.6) is 5.88 Å². The molecule has 0 spiro atoms. The fraction of sp³-hybridized carbons (Fsp3) is 0.500. The van der Waals surface area contributed by atoms with Crippen LogP contribution in [0.2, 0.25) is 5.02 Å². The molecule has 3 rings (SSSR count). The number of anilines is 1. The van der Waals surface area contributed by atoms with Crippen molar-refractivity contribution in [3.05, 3.63) is 39.9 Å². The van der Waals surface area contributed by atoms with Crippen LogP contribution in [0.15, 0.2) is 12.1 Å². The summed E-state index contributed by atoms with van der Waals surface area (Å²) in [6.45, 7) is 5.33. The third kappa shape index (κ3) is 7.99. The number of urea groups is 1. The second-order valence-corrected chi connectivity index (χ2v) is 9.49. The first-order valence-corrected chi connectivity index (χ1v) is 12.4. The molecule has 3 amide bonds. The van der Waals surface area contributed by atoms with Gasteiger partial charge in [-0.3, -0.25) is 10.1 Å². The number of piperazine rings is 1. The second-order valence-electron chi connectivity index (χ2n) is 8.28. The number of carbonyl (C=O) groups excluding carboxylic acids is 2. The first-order chi connectivity index (χ1) is 16.7. The number of aromatic nitrogens is 1. The molecule has 2 heterocycles. The van der Waals surface area contributed by atoms with Crippen molar-refractivity contribution in [2.24, 2.45) is 5.73 Å². The quantitative estimate of drug-likeness (QED) is 0.384. The summed E-state index contributed by atoms with van der Waals surface area (Å²) in [6, 6.07) is 1.38. The smallest absolute Gasteiger partial charge is 0.319 e. The Labute approximate surface area is 211 Å². The maximum atomic E-state index is 14.0. The zero-order valence-corrected chi connectivity index (χ0v) is 21.0. The van der Waals surface area contributed by atoms with Gasteiger partial charge in [-0.25, -0.2) is 13.6 Å². The van der Waals surface area contributed by atoms with E-state index in [4.69, 9.17) is 22.1 Å². The molecule has 0 radical (unpaired) electrons. The first kappa shape index (κ1) is 27.1. The number of nitrogens with one attached hydrogen (secondary N) is 2. The third-order valence-corrected chi connectivity index (χ3v) is 6.59. The summed E-state index contributed by atoms with van der Waals surface area (Å²) < 4.78 is 37.2. The third-order valence-electron chi connectivity index (χ3n) is 5.63. The van der Waals surface area contributed by atoms with Gasteiger partial charge in [-0.15, -0.1) is 0 Å². The van der Waals surface area contributed by atoms with Gasteiger partial charge in [0.05, 0.1) is 5.56 Å². The van der Waals surface area contributed by atoms with Crippen molar-refractivity contribution in [3.8, 4) is 5.88 Å². The summed E-state index contributed by atoms with van der Waals surface area (Å²) in [7, 11) is 2.13. The summed E-state index contributed by atoms with van der Waals surface area (Å²) >= 11 is 6.39. The van der Waals surface area contributed by atoms with Crippen LogP contribution in [0.1, 0.15) is 35.2 Å². The van der Waals surface area contributed by atoms with Crippen LogP contribution in [0.25, 0.3) is 0 Å². The van der Waals surface area contributed by atoms with Crippen molar-refractivity contribution in [3.63, 3.8) is 0 Å². The highest BCUT2D eigenvalue weighted by Gasteiger charge is 2.23. The van der Waals surface area contributed by atoms with Gasteiger partial charge < -0.3 is 25.6 Å². The predicted molar refractivity (Wildman–Crippen MR) is 131 cm³/mol. The minimum Gasteiger partial charge on any atom is -0.471 e. The number of unbranched alkanes of at least 4 members (excludes halogenated alkanes) is 2. The lowest BCUT2D eigenvalue weighted by atomic mass is 10.2. The van der Waals surface area contributed by atoms with Gasteiger partial charge >= 0.3 is 6.03 Å². The number of benzene rings is 1.